The molecule has 1 aliphatic rings. The molecule has 0 atom stereocenters. The average Bonchev–Trinajstić information content (AvgIpc) is 2.54. The summed E-state index contributed by atoms with van der Waals surface area (Å²) in [4.78, 5) is 12.8. The van der Waals surface area contributed by atoms with Gasteiger partial charge < -0.3 is 10.6 Å². The first-order chi connectivity index (χ1) is 10.6. The maximum atomic E-state index is 12.8. The second-order valence-electron chi connectivity index (χ2n) is 6.31. The van der Waals surface area contributed by atoms with E-state index in [0.717, 1.165) is 41.8 Å². The van der Waals surface area contributed by atoms with Crippen LogP contribution in [0.4, 0.5) is 5.69 Å². The molecule has 3 heteroatoms. The van der Waals surface area contributed by atoms with Crippen LogP contribution in [-0.2, 0) is 12.0 Å². The summed E-state index contributed by atoms with van der Waals surface area (Å²) in [7, 11) is 0. The van der Waals surface area contributed by atoms with Gasteiger partial charge in [-0.15, -0.1) is 0 Å². The number of fused-ring (bicyclic) bond motifs is 1. The molecule has 2 aromatic rings. The van der Waals surface area contributed by atoms with Crippen LogP contribution in [-0.4, -0.2) is 12.5 Å². The molecule has 0 aliphatic carbocycles. The number of amides is 1. The van der Waals surface area contributed by atoms with Crippen molar-refractivity contribution in [3.8, 4) is 0 Å². The lowest BCUT2D eigenvalue weighted by atomic mass is 9.92. The Bertz CT molecular complexity index is 677. The van der Waals surface area contributed by atoms with E-state index in [-0.39, 0.29) is 5.91 Å². The largest absolute Gasteiger partial charge is 0.385 e. The van der Waals surface area contributed by atoms with Crippen molar-refractivity contribution >= 4 is 11.6 Å². The normalized spacial score (nSPS) is 13.9. The molecule has 3 rings (SSSR count). The molecule has 1 aliphatic heterocycles. The molecule has 0 fully saturated rings. The molecule has 3 nitrogen and oxygen atoms in total. The maximum absolute atomic E-state index is 12.8. The Morgan fingerprint density at radius 3 is 2.64 bits per heavy atom. The van der Waals surface area contributed by atoms with E-state index in [1.165, 1.54) is 0 Å². The predicted octanol–water partition coefficient (Wildman–Crippen LogP) is 3.71. The van der Waals surface area contributed by atoms with E-state index in [1.54, 1.807) is 0 Å². The number of carbonyl (C=O) groups excluding carboxylic acids is 1. The van der Waals surface area contributed by atoms with Gasteiger partial charge >= 0.3 is 0 Å². The minimum Gasteiger partial charge on any atom is -0.385 e. The summed E-state index contributed by atoms with van der Waals surface area (Å²) < 4.78 is 0. The van der Waals surface area contributed by atoms with E-state index in [9.17, 15) is 4.79 Å². The van der Waals surface area contributed by atoms with Gasteiger partial charge in [-0.05, 0) is 49.9 Å². The highest BCUT2D eigenvalue weighted by Crippen LogP contribution is 2.27. The van der Waals surface area contributed by atoms with Crippen molar-refractivity contribution in [3.05, 3.63) is 65.2 Å². The monoisotopic (exact) mass is 294 g/mol. The summed E-state index contributed by atoms with van der Waals surface area (Å²) >= 11 is 0. The second kappa shape index (κ2) is 5.84. The highest BCUT2D eigenvalue weighted by atomic mass is 16.1. The molecule has 0 unspecified atom stereocenters. The summed E-state index contributed by atoms with van der Waals surface area (Å²) in [5, 5.41) is 6.54. The lowest BCUT2D eigenvalue weighted by Crippen LogP contribution is -2.41. The summed E-state index contributed by atoms with van der Waals surface area (Å²) in [5.74, 6) is -0.00518. The molecule has 0 radical (unpaired) electrons. The van der Waals surface area contributed by atoms with Gasteiger partial charge in [0.2, 0.25) is 0 Å². The van der Waals surface area contributed by atoms with Crippen molar-refractivity contribution in [3.63, 3.8) is 0 Å². The molecule has 114 valence electrons. The van der Waals surface area contributed by atoms with Gasteiger partial charge in [0.15, 0.2) is 0 Å². The predicted molar refractivity (Wildman–Crippen MR) is 90.2 cm³/mol. The highest BCUT2D eigenvalue weighted by molar-refractivity contribution is 5.97. The van der Waals surface area contributed by atoms with Crippen LogP contribution in [0.15, 0.2) is 48.5 Å². The van der Waals surface area contributed by atoms with Crippen molar-refractivity contribution in [2.45, 2.75) is 32.2 Å². The number of hydrogen-bond donors (Lipinski definition) is 2. The summed E-state index contributed by atoms with van der Waals surface area (Å²) in [5.41, 5.74) is 3.72. The van der Waals surface area contributed by atoms with Crippen LogP contribution in [0, 0.1) is 0 Å². The quantitative estimate of drug-likeness (QED) is 0.906. The number of hydrogen-bond acceptors (Lipinski definition) is 2. The first-order valence-corrected chi connectivity index (χ1v) is 7.82. The van der Waals surface area contributed by atoms with Gasteiger partial charge in [-0.3, -0.25) is 4.79 Å². The molecule has 1 amide bonds. The number of carbonyl (C=O) groups is 1. The van der Waals surface area contributed by atoms with Gasteiger partial charge in [0.05, 0.1) is 5.54 Å². The van der Waals surface area contributed by atoms with E-state index in [4.69, 9.17) is 0 Å². The number of nitrogens with one attached hydrogen (secondary N) is 2. The first-order valence-electron chi connectivity index (χ1n) is 7.82. The van der Waals surface area contributed by atoms with E-state index in [2.05, 4.69) is 10.6 Å². The van der Waals surface area contributed by atoms with Gasteiger partial charge in [0, 0.05) is 17.8 Å². The molecule has 0 aromatic heterocycles. The molecule has 22 heavy (non-hydrogen) atoms. The van der Waals surface area contributed by atoms with Crippen LogP contribution in [0.25, 0.3) is 0 Å². The van der Waals surface area contributed by atoms with Crippen LogP contribution < -0.4 is 10.6 Å². The third kappa shape index (κ3) is 2.84. The maximum Gasteiger partial charge on any atom is 0.252 e. The van der Waals surface area contributed by atoms with Crippen molar-refractivity contribution in [2.75, 3.05) is 11.9 Å². The lowest BCUT2D eigenvalue weighted by molar-refractivity contribution is 0.0911. The molecule has 0 bridgehead atoms. The van der Waals surface area contributed by atoms with E-state index in [1.807, 2.05) is 62.4 Å². The van der Waals surface area contributed by atoms with Gasteiger partial charge in [-0.2, -0.15) is 0 Å². The zero-order chi connectivity index (χ0) is 15.6. The van der Waals surface area contributed by atoms with E-state index < -0.39 is 5.54 Å². The Morgan fingerprint density at radius 2 is 1.86 bits per heavy atom. The molecule has 2 N–H and O–H groups in total. The van der Waals surface area contributed by atoms with Gasteiger partial charge in [-0.1, -0.05) is 36.4 Å². The Balaban J connectivity index is 1.86. The third-order valence-corrected chi connectivity index (χ3v) is 4.26. The molecule has 2 aromatic carbocycles. The van der Waals surface area contributed by atoms with Crippen molar-refractivity contribution in [1.29, 1.82) is 0 Å². The van der Waals surface area contributed by atoms with Crippen molar-refractivity contribution in [2.24, 2.45) is 0 Å². The van der Waals surface area contributed by atoms with E-state index in [0.29, 0.717) is 0 Å². The van der Waals surface area contributed by atoms with Gasteiger partial charge in [0.25, 0.3) is 5.91 Å². The molecule has 0 saturated heterocycles. The zero-order valence-electron chi connectivity index (χ0n) is 13.1. The Morgan fingerprint density at radius 1 is 1.09 bits per heavy atom. The number of anilines is 1. The fraction of sp³-hybridized carbons (Fsp3) is 0.316. The second-order valence-corrected chi connectivity index (χ2v) is 6.31. The summed E-state index contributed by atoms with van der Waals surface area (Å²) in [6.45, 7) is 5.05. The SMILES string of the molecule is CC(C)(NC(=O)c1cccc2c1CCCN2)c1ccccc1. The Hall–Kier alpha value is -2.29. The minimum absolute atomic E-state index is 0.00518. The topological polar surface area (TPSA) is 41.1 Å². The molecule has 0 spiro atoms. The molecule has 1 heterocycles. The average molecular weight is 294 g/mol. The van der Waals surface area contributed by atoms with Crippen LogP contribution in [0.2, 0.25) is 0 Å². The number of benzene rings is 2. The van der Waals surface area contributed by atoms with Crippen molar-refractivity contribution in [1.82, 2.24) is 5.32 Å². The Kier molecular flexibility index (Phi) is 3.88. The van der Waals surface area contributed by atoms with Crippen molar-refractivity contribution < 1.29 is 4.79 Å². The smallest absolute Gasteiger partial charge is 0.252 e. The molecular weight excluding hydrogens is 272 g/mol. The third-order valence-electron chi connectivity index (χ3n) is 4.26. The van der Waals surface area contributed by atoms with Crippen LogP contribution in [0.5, 0.6) is 0 Å². The van der Waals surface area contributed by atoms with Crippen LogP contribution in [0.3, 0.4) is 0 Å². The number of rotatable bonds is 3. The van der Waals surface area contributed by atoms with Gasteiger partial charge in [0.1, 0.15) is 0 Å². The van der Waals surface area contributed by atoms with Crippen LogP contribution >= 0.6 is 0 Å². The lowest BCUT2D eigenvalue weighted by Gasteiger charge is -2.28. The fourth-order valence-corrected chi connectivity index (χ4v) is 3.00. The summed E-state index contributed by atoms with van der Waals surface area (Å²) in [6, 6.07) is 16.0. The standard InChI is InChI=1S/C19H22N2O/c1-19(2,14-8-4-3-5-9-14)21-18(22)16-10-6-12-17-15(16)11-7-13-20-17/h3-6,8-10,12,20H,7,11,13H2,1-2H3,(H,21,22). The summed E-state index contributed by atoms with van der Waals surface area (Å²) in [6.07, 6.45) is 2.02. The molecule has 0 saturated carbocycles. The highest BCUT2D eigenvalue weighted by Gasteiger charge is 2.25. The van der Waals surface area contributed by atoms with E-state index >= 15 is 0 Å². The minimum atomic E-state index is -0.400. The van der Waals surface area contributed by atoms with Gasteiger partial charge in [-0.25, -0.2) is 0 Å². The Labute approximate surface area is 131 Å². The van der Waals surface area contributed by atoms with Crippen LogP contribution in [0.1, 0.15) is 41.8 Å². The first kappa shape index (κ1) is 14.6. The fourth-order valence-electron chi connectivity index (χ4n) is 3.00. The molecular formula is C19H22N2O. The zero-order valence-corrected chi connectivity index (χ0v) is 13.1.